The third kappa shape index (κ3) is 4.20. The van der Waals surface area contributed by atoms with E-state index in [1.54, 1.807) is 0 Å². The van der Waals surface area contributed by atoms with Crippen LogP contribution in [0.25, 0.3) is 0 Å². The highest BCUT2D eigenvalue weighted by Gasteiger charge is 2.33. The Morgan fingerprint density at radius 3 is 2.29 bits per heavy atom. The van der Waals surface area contributed by atoms with Crippen molar-refractivity contribution in [2.45, 2.75) is 19.0 Å². The van der Waals surface area contributed by atoms with Crippen LogP contribution in [0, 0.1) is 11.8 Å². The van der Waals surface area contributed by atoms with Crippen LogP contribution in [-0.2, 0) is 22.4 Å². The van der Waals surface area contributed by atoms with Gasteiger partial charge in [0.1, 0.15) is 0 Å². The van der Waals surface area contributed by atoms with Crippen LogP contribution in [0.4, 0.5) is 13.2 Å². The van der Waals surface area contributed by atoms with Gasteiger partial charge in [-0.2, -0.15) is 13.2 Å². The third-order valence-corrected chi connectivity index (χ3v) is 5.81. The van der Waals surface area contributed by atoms with Gasteiger partial charge in [-0.3, -0.25) is 0 Å². The number of halogens is 3. The molecule has 2 unspecified atom stereocenters. The largest absolute Gasteiger partial charge is 0.416 e. The number of hydrogen-bond acceptors (Lipinski definition) is 3. The zero-order valence-corrected chi connectivity index (χ0v) is 12.3. The maximum Gasteiger partial charge on any atom is 0.416 e. The van der Waals surface area contributed by atoms with Crippen LogP contribution in [0.5, 0.6) is 0 Å². The molecule has 2 N–H and O–H groups in total. The number of nitrogens with two attached hydrogens (primary N) is 1. The Bertz CT molecular complexity index is 581. The Morgan fingerprint density at radius 2 is 1.86 bits per heavy atom. The summed E-state index contributed by atoms with van der Waals surface area (Å²) in [6, 6.07) is 4.98. The number of sulfone groups is 1. The third-order valence-electron chi connectivity index (χ3n) is 4.02. The van der Waals surface area contributed by atoms with Gasteiger partial charge in [-0.05, 0) is 48.9 Å². The van der Waals surface area contributed by atoms with Crippen LogP contribution in [0.3, 0.4) is 0 Å². The minimum atomic E-state index is -4.34. The zero-order valence-electron chi connectivity index (χ0n) is 11.4. The molecule has 118 valence electrons. The Kier molecular flexibility index (Phi) is 4.63. The molecular formula is C14H18F3NO2S. The van der Waals surface area contributed by atoms with Crippen LogP contribution in [0.1, 0.15) is 17.5 Å². The molecule has 3 nitrogen and oxygen atoms in total. The summed E-state index contributed by atoms with van der Waals surface area (Å²) in [5, 5.41) is 0. The van der Waals surface area contributed by atoms with E-state index in [0.717, 1.165) is 17.7 Å². The summed E-state index contributed by atoms with van der Waals surface area (Å²) < 4.78 is 60.5. The second-order valence-corrected chi connectivity index (χ2v) is 7.79. The zero-order chi connectivity index (χ0) is 15.7. The highest BCUT2D eigenvalue weighted by Crippen LogP contribution is 2.31. The van der Waals surface area contributed by atoms with E-state index in [1.807, 2.05) is 0 Å². The lowest BCUT2D eigenvalue weighted by Crippen LogP contribution is -2.26. The quantitative estimate of drug-likeness (QED) is 0.925. The van der Waals surface area contributed by atoms with Gasteiger partial charge in [-0.15, -0.1) is 0 Å². The van der Waals surface area contributed by atoms with E-state index in [9.17, 15) is 21.6 Å². The number of hydrogen-bond donors (Lipinski definition) is 1. The predicted molar refractivity (Wildman–Crippen MR) is 74.5 cm³/mol. The lowest BCUT2D eigenvalue weighted by molar-refractivity contribution is -0.137. The Hall–Kier alpha value is -1.08. The van der Waals surface area contributed by atoms with E-state index in [2.05, 4.69) is 0 Å². The van der Waals surface area contributed by atoms with Gasteiger partial charge in [-0.1, -0.05) is 12.1 Å². The molecule has 21 heavy (non-hydrogen) atoms. The van der Waals surface area contributed by atoms with E-state index in [-0.39, 0.29) is 23.3 Å². The summed E-state index contributed by atoms with van der Waals surface area (Å²) >= 11 is 0. The van der Waals surface area contributed by atoms with Crippen LogP contribution < -0.4 is 5.73 Å². The average Bonchev–Trinajstić information content (AvgIpc) is 2.75. The molecule has 0 aliphatic carbocycles. The smallest absolute Gasteiger partial charge is 0.330 e. The van der Waals surface area contributed by atoms with E-state index in [1.165, 1.54) is 12.1 Å². The van der Waals surface area contributed by atoms with E-state index >= 15 is 0 Å². The fourth-order valence-electron chi connectivity index (χ4n) is 2.77. The Labute approximate surface area is 122 Å². The van der Waals surface area contributed by atoms with Crippen LogP contribution >= 0.6 is 0 Å². The van der Waals surface area contributed by atoms with Crippen molar-refractivity contribution in [1.82, 2.24) is 0 Å². The molecule has 0 aromatic heterocycles. The monoisotopic (exact) mass is 321 g/mol. The van der Waals surface area contributed by atoms with Gasteiger partial charge in [-0.25, -0.2) is 8.42 Å². The fraction of sp³-hybridized carbons (Fsp3) is 0.571. The maximum absolute atomic E-state index is 12.5. The van der Waals surface area contributed by atoms with Gasteiger partial charge in [0.05, 0.1) is 17.1 Å². The molecule has 1 heterocycles. The van der Waals surface area contributed by atoms with Crippen LogP contribution in [0.2, 0.25) is 0 Å². The maximum atomic E-state index is 12.5. The number of rotatable bonds is 4. The Morgan fingerprint density at radius 1 is 1.24 bits per heavy atom. The van der Waals surface area contributed by atoms with Gasteiger partial charge in [0.15, 0.2) is 9.84 Å². The van der Waals surface area contributed by atoms with Crippen molar-refractivity contribution in [3.8, 4) is 0 Å². The molecule has 0 amide bonds. The van der Waals surface area contributed by atoms with Crippen molar-refractivity contribution in [2.24, 2.45) is 17.6 Å². The molecule has 1 saturated heterocycles. The molecule has 0 spiro atoms. The van der Waals surface area contributed by atoms with Crippen molar-refractivity contribution < 1.29 is 21.6 Å². The SMILES string of the molecule is NCC(Cc1ccc(C(F)(F)F)cc1)C1CCS(=O)(=O)C1. The molecule has 1 aliphatic rings. The van der Waals surface area contributed by atoms with Crippen molar-refractivity contribution in [2.75, 3.05) is 18.1 Å². The van der Waals surface area contributed by atoms with Gasteiger partial charge < -0.3 is 5.73 Å². The topological polar surface area (TPSA) is 60.2 Å². The second kappa shape index (κ2) is 5.96. The molecule has 2 rings (SSSR count). The van der Waals surface area contributed by atoms with Crippen molar-refractivity contribution in [3.05, 3.63) is 35.4 Å². The molecule has 7 heteroatoms. The lowest BCUT2D eigenvalue weighted by Gasteiger charge is -2.21. The summed E-state index contributed by atoms with van der Waals surface area (Å²) in [6.07, 6.45) is -3.25. The average molecular weight is 321 g/mol. The van der Waals surface area contributed by atoms with Gasteiger partial charge in [0.25, 0.3) is 0 Å². The summed E-state index contributed by atoms with van der Waals surface area (Å²) in [5.74, 6) is 0.303. The van der Waals surface area contributed by atoms with Crippen LogP contribution in [0.15, 0.2) is 24.3 Å². The van der Waals surface area contributed by atoms with Crippen molar-refractivity contribution in [3.63, 3.8) is 0 Å². The van der Waals surface area contributed by atoms with Crippen molar-refractivity contribution in [1.29, 1.82) is 0 Å². The molecule has 1 aromatic rings. The Balaban J connectivity index is 2.06. The van der Waals surface area contributed by atoms with Gasteiger partial charge in [0, 0.05) is 0 Å². The molecule has 2 atom stereocenters. The minimum absolute atomic E-state index is 0.00212. The second-order valence-electron chi connectivity index (χ2n) is 5.56. The molecule has 0 radical (unpaired) electrons. The van der Waals surface area contributed by atoms with Crippen molar-refractivity contribution >= 4 is 9.84 Å². The number of alkyl halides is 3. The van der Waals surface area contributed by atoms with Gasteiger partial charge in [0.2, 0.25) is 0 Å². The first-order valence-electron chi connectivity index (χ1n) is 6.78. The molecule has 1 aromatic carbocycles. The highest BCUT2D eigenvalue weighted by atomic mass is 32.2. The first kappa shape index (κ1) is 16.3. The van der Waals surface area contributed by atoms with E-state index in [0.29, 0.717) is 19.4 Å². The molecule has 1 aliphatic heterocycles. The molecule has 0 bridgehead atoms. The summed E-state index contributed by atoms with van der Waals surface area (Å²) in [6.45, 7) is 0.335. The minimum Gasteiger partial charge on any atom is -0.330 e. The summed E-state index contributed by atoms with van der Waals surface area (Å²) in [4.78, 5) is 0. The van der Waals surface area contributed by atoms with E-state index < -0.39 is 21.6 Å². The van der Waals surface area contributed by atoms with Gasteiger partial charge >= 0.3 is 6.18 Å². The summed E-state index contributed by atoms with van der Waals surface area (Å²) in [5.41, 5.74) is 5.78. The molecule has 0 saturated carbocycles. The molecule has 1 fully saturated rings. The normalized spacial score (nSPS) is 23.1. The standard InChI is InChI=1S/C14H18F3NO2S/c15-14(16,17)13-3-1-10(2-4-13)7-12(8-18)11-5-6-21(19,20)9-11/h1-4,11-12H,5-9,18H2. The summed E-state index contributed by atoms with van der Waals surface area (Å²) in [7, 11) is -2.97. The first-order chi connectivity index (χ1) is 9.71. The number of benzene rings is 1. The first-order valence-corrected chi connectivity index (χ1v) is 8.60. The van der Waals surface area contributed by atoms with E-state index in [4.69, 9.17) is 5.73 Å². The fourth-order valence-corrected chi connectivity index (χ4v) is 4.69. The van der Waals surface area contributed by atoms with Crippen LogP contribution in [-0.4, -0.2) is 26.5 Å². The highest BCUT2D eigenvalue weighted by molar-refractivity contribution is 7.91. The molecular weight excluding hydrogens is 303 g/mol. The lowest BCUT2D eigenvalue weighted by atomic mass is 9.86. The predicted octanol–water partition coefficient (Wildman–Crippen LogP) is 2.26.